The summed E-state index contributed by atoms with van der Waals surface area (Å²) in [6.45, 7) is 4.78. The first kappa shape index (κ1) is 21.8. The van der Waals surface area contributed by atoms with E-state index in [9.17, 15) is 9.59 Å². The van der Waals surface area contributed by atoms with Gasteiger partial charge < -0.3 is 16.0 Å². The molecule has 31 heavy (non-hydrogen) atoms. The van der Waals surface area contributed by atoms with Crippen molar-refractivity contribution in [2.75, 3.05) is 30.4 Å². The number of carbonyl (C=O) groups is 2. The van der Waals surface area contributed by atoms with Crippen LogP contribution in [0.2, 0.25) is 0 Å². The molecule has 1 unspecified atom stereocenters. The lowest BCUT2D eigenvalue weighted by atomic mass is 10.1. The van der Waals surface area contributed by atoms with Crippen molar-refractivity contribution in [2.45, 2.75) is 58.0 Å². The van der Waals surface area contributed by atoms with E-state index in [1.807, 2.05) is 14.0 Å². The van der Waals surface area contributed by atoms with E-state index in [-0.39, 0.29) is 11.9 Å². The van der Waals surface area contributed by atoms with Crippen LogP contribution in [0.25, 0.3) is 0 Å². The normalized spacial score (nSPS) is 16.9. The van der Waals surface area contributed by atoms with E-state index in [1.165, 1.54) is 46.7 Å². The summed E-state index contributed by atoms with van der Waals surface area (Å²) in [6, 6.07) is 8.15. The molecule has 1 aliphatic carbocycles. The van der Waals surface area contributed by atoms with Crippen molar-refractivity contribution in [1.29, 1.82) is 0 Å². The summed E-state index contributed by atoms with van der Waals surface area (Å²) in [6.07, 6.45) is 6.63. The van der Waals surface area contributed by atoms with E-state index in [2.05, 4.69) is 39.4 Å². The molecule has 0 bridgehead atoms. The fourth-order valence-corrected chi connectivity index (χ4v) is 5.96. The molecule has 2 heterocycles. The molecule has 1 saturated heterocycles. The highest BCUT2D eigenvalue weighted by Gasteiger charge is 2.28. The zero-order chi connectivity index (χ0) is 22.0. The van der Waals surface area contributed by atoms with Crippen LogP contribution in [-0.4, -0.2) is 42.9 Å². The number of fused-ring (bicyclic) bond motifs is 1. The first-order chi connectivity index (χ1) is 15.0. The van der Waals surface area contributed by atoms with E-state index in [4.69, 9.17) is 5.73 Å². The molecule has 2 aromatic rings. The van der Waals surface area contributed by atoms with E-state index in [0.29, 0.717) is 17.1 Å². The van der Waals surface area contributed by atoms with E-state index >= 15 is 0 Å². The lowest BCUT2D eigenvalue weighted by molar-refractivity contribution is -0.120. The second-order valence-electron chi connectivity index (χ2n) is 8.68. The maximum atomic E-state index is 13.0. The number of likely N-dealkylation sites (N-methyl/N-ethyl adjacent to an activating group) is 1. The number of amides is 2. The molecule has 1 atom stereocenters. The number of anilines is 2. The second kappa shape index (κ2) is 9.40. The van der Waals surface area contributed by atoms with Gasteiger partial charge in [0.05, 0.1) is 11.6 Å². The smallest absolute Gasteiger partial charge is 0.251 e. The molecule has 0 saturated carbocycles. The molecule has 1 aromatic carbocycles. The van der Waals surface area contributed by atoms with Crippen LogP contribution in [0.5, 0.6) is 0 Å². The third kappa shape index (κ3) is 4.62. The Morgan fingerprint density at radius 2 is 1.90 bits per heavy atom. The number of nitrogens with two attached hydrogens (primary N) is 1. The highest BCUT2D eigenvalue weighted by Crippen LogP contribution is 2.39. The van der Waals surface area contributed by atoms with Gasteiger partial charge in [0.25, 0.3) is 5.91 Å². The summed E-state index contributed by atoms with van der Waals surface area (Å²) in [5.74, 6) is -0.563. The number of para-hydroxylation sites is 1. The van der Waals surface area contributed by atoms with Gasteiger partial charge in [0.2, 0.25) is 5.91 Å². The Labute approximate surface area is 188 Å². The predicted octanol–water partition coefficient (Wildman–Crippen LogP) is 3.79. The van der Waals surface area contributed by atoms with Crippen LogP contribution in [0, 0.1) is 0 Å². The van der Waals surface area contributed by atoms with E-state index in [0.717, 1.165) is 37.9 Å². The Bertz CT molecular complexity index is 964. The summed E-state index contributed by atoms with van der Waals surface area (Å²) in [7, 11) is 1.97. The van der Waals surface area contributed by atoms with Crippen molar-refractivity contribution in [3.05, 3.63) is 45.8 Å². The van der Waals surface area contributed by atoms with Crippen molar-refractivity contribution < 1.29 is 9.59 Å². The van der Waals surface area contributed by atoms with Gasteiger partial charge in [-0.1, -0.05) is 18.2 Å². The van der Waals surface area contributed by atoms with Crippen LogP contribution in [0.1, 0.15) is 59.0 Å². The zero-order valence-corrected chi connectivity index (χ0v) is 19.3. The largest absolute Gasteiger partial charge is 0.371 e. The average molecular weight is 441 g/mol. The van der Waals surface area contributed by atoms with Gasteiger partial charge in [-0.25, -0.2) is 0 Å². The number of nitrogens with zero attached hydrogens (tertiary/aromatic N) is 2. The van der Waals surface area contributed by atoms with Crippen LogP contribution >= 0.6 is 11.3 Å². The Balaban J connectivity index is 1.45. The van der Waals surface area contributed by atoms with Crippen LogP contribution in [0.3, 0.4) is 0 Å². The number of primary amides is 1. The van der Waals surface area contributed by atoms with E-state index < -0.39 is 5.91 Å². The van der Waals surface area contributed by atoms with Crippen LogP contribution < -0.4 is 16.0 Å². The molecular weight excluding hydrogens is 408 g/mol. The van der Waals surface area contributed by atoms with Crippen molar-refractivity contribution >= 4 is 33.8 Å². The van der Waals surface area contributed by atoms with Crippen molar-refractivity contribution in [3.63, 3.8) is 0 Å². The average Bonchev–Trinajstić information content (AvgIpc) is 3.34. The highest BCUT2D eigenvalue weighted by molar-refractivity contribution is 7.17. The predicted molar refractivity (Wildman–Crippen MR) is 127 cm³/mol. The maximum absolute atomic E-state index is 13.0. The summed E-state index contributed by atoms with van der Waals surface area (Å²) in [5, 5.41) is 3.60. The summed E-state index contributed by atoms with van der Waals surface area (Å²) >= 11 is 1.50. The molecule has 166 valence electrons. The first-order valence-electron chi connectivity index (χ1n) is 11.2. The number of hydrogen-bond donors (Lipinski definition) is 2. The number of nitrogens with one attached hydrogen (secondary N) is 1. The molecule has 1 aromatic heterocycles. The van der Waals surface area contributed by atoms with Crippen LogP contribution in [-0.2, 0) is 24.2 Å². The van der Waals surface area contributed by atoms with Crippen molar-refractivity contribution in [3.8, 4) is 0 Å². The van der Waals surface area contributed by atoms with Gasteiger partial charge in [-0.2, -0.15) is 0 Å². The molecule has 2 aliphatic rings. The van der Waals surface area contributed by atoms with Gasteiger partial charge in [-0.15, -0.1) is 11.3 Å². The van der Waals surface area contributed by atoms with Gasteiger partial charge in [0.15, 0.2) is 0 Å². The molecule has 3 N–H and O–H groups in total. The number of piperidine rings is 1. The number of aryl methyl sites for hydroxylation is 1. The SMILES string of the molecule is CC(C(=O)Nc1sc2c(c1C(N)=O)CCC2)N(C)Cc1ccccc1N1CCCCC1. The Kier molecular flexibility index (Phi) is 6.62. The standard InChI is InChI=1S/C24H32N4O2S/c1-16(23(30)26-24-21(22(25)29)18-10-8-12-20(18)31-24)27(2)15-17-9-4-5-11-19(17)28-13-6-3-7-14-28/h4-5,9,11,16H,3,6-8,10,12-15H2,1-2H3,(H2,25,29)(H,26,30). The molecule has 1 fully saturated rings. The van der Waals surface area contributed by atoms with Crippen molar-refractivity contribution in [1.82, 2.24) is 4.90 Å². The Morgan fingerprint density at radius 1 is 1.16 bits per heavy atom. The quantitative estimate of drug-likeness (QED) is 0.687. The number of benzene rings is 1. The molecule has 6 nitrogen and oxygen atoms in total. The van der Waals surface area contributed by atoms with Gasteiger partial charge in [-0.3, -0.25) is 14.5 Å². The Morgan fingerprint density at radius 3 is 2.65 bits per heavy atom. The third-order valence-corrected chi connectivity index (χ3v) is 7.76. The van der Waals surface area contributed by atoms with Gasteiger partial charge >= 0.3 is 0 Å². The summed E-state index contributed by atoms with van der Waals surface area (Å²) in [5.41, 5.74) is 9.68. The van der Waals surface area contributed by atoms with Gasteiger partial charge in [-0.05, 0) is 69.7 Å². The van der Waals surface area contributed by atoms with Gasteiger partial charge in [0.1, 0.15) is 5.00 Å². The molecular formula is C24H32N4O2S. The molecule has 0 spiro atoms. The fourth-order valence-electron chi connectivity index (χ4n) is 4.66. The van der Waals surface area contributed by atoms with Crippen LogP contribution in [0.4, 0.5) is 10.7 Å². The number of carbonyl (C=O) groups excluding carboxylic acids is 2. The van der Waals surface area contributed by atoms with E-state index in [1.54, 1.807) is 0 Å². The van der Waals surface area contributed by atoms with Crippen molar-refractivity contribution in [2.24, 2.45) is 5.73 Å². The number of rotatable bonds is 7. The minimum atomic E-state index is -0.453. The summed E-state index contributed by atoms with van der Waals surface area (Å²) in [4.78, 5) is 30.7. The minimum Gasteiger partial charge on any atom is -0.371 e. The van der Waals surface area contributed by atoms with Gasteiger partial charge in [0, 0.05) is 30.2 Å². The number of hydrogen-bond acceptors (Lipinski definition) is 5. The second-order valence-corrected chi connectivity index (χ2v) is 9.79. The lowest BCUT2D eigenvalue weighted by Crippen LogP contribution is -2.40. The zero-order valence-electron chi connectivity index (χ0n) is 18.4. The Hall–Kier alpha value is -2.38. The molecule has 2 amide bonds. The van der Waals surface area contributed by atoms with Crippen LogP contribution in [0.15, 0.2) is 24.3 Å². The lowest BCUT2D eigenvalue weighted by Gasteiger charge is -2.32. The highest BCUT2D eigenvalue weighted by atomic mass is 32.1. The molecule has 4 rings (SSSR count). The third-order valence-electron chi connectivity index (χ3n) is 6.55. The monoisotopic (exact) mass is 440 g/mol. The maximum Gasteiger partial charge on any atom is 0.251 e. The fraction of sp³-hybridized carbons (Fsp3) is 0.500. The molecule has 1 aliphatic heterocycles. The first-order valence-corrected chi connectivity index (χ1v) is 12.1. The topological polar surface area (TPSA) is 78.7 Å². The molecule has 7 heteroatoms. The molecule has 0 radical (unpaired) electrons. The number of thiophene rings is 1. The summed E-state index contributed by atoms with van der Waals surface area (Å²) < 4.78 is 0. The minimum absolute atomic E-state index is 0.111.